The highest BCUT2D eigenvalue weighted by Crippen LogP contribution is 2.26. The largest absolute Gasteiger partial charge is 0.361 e. The van der Waals surface area contributed by atoms with Crippen LogP contribution in [0.2, 0.25) is 0 Å². The Hall–Kier alpha value is -3.87. The van der Waals surface area contributed by atoms with Crippen molar-refractivity contribution in [1.82, 2.24) is 19.9 Å². The van der Waals surface area contributed by atoms with Crippen molar-refractivity contribution >= 4 is 29.2 Å². The summed E-state index contributed by atoms with van der Waals surface area (Å²) in [6.45, 7) is 2.33. The minimum absolute atomic E-state index is 0.0461. The zero-order valence-electron chi connectivity index (χ0n) is 16.0. The molecule has 0 saturated carbocycles. The van der Waals surface area contributed by atoms with E-state index in [1.54, 1.807) is 12.4 Å². The number of nitrogens with zero attached hydrogens (tertiary/aromatic N) is 2. The lowest BCUT2D eigenvalue weighted by Gasteiger charge is -2.18. The molecule has 3 N–H and O–H groups in total. The first kappa shape index (κ1) is 18.5. The monoisotopic (exact) mass is 387 g/mol. The Bertz CT molecular complexity index is 1150. The van der Waals surface area contributed by atoms with E-state index in [1.165, 1.54) is 10.3 Å². The zero-order valence-corrected chi connectivity index (χ0v) is 16.0. The summed E-state index contributed by atoms with van der Waals surface area (Å²) in [5.41, 5.74) is 5.42. The highest BCUT2D eigenvalue weighted by molar-refractivity contribution is 5.91. The van der Waals surface area contributed by atoms with Crippen molar-refractivity contribution in [3.8, 4) is 11.1 Å². The number of anilines is 1. The van der Waals surface area contributed by atoms with Gasteiger partial charge >= 0.3 is 0 Å². The lowest BCUT2D eigenvalue weighted by atomic mass is 9.99. The van der Waals surface area contributed by atoms with Gasteiger partial charge in [-0.1, -0.05) is 24.3 Å². The van der Waals surface area contributed by atoms with Crippen molar-refractivity contribution in [2.24, 2.45) is 0 Å². The molecule has 2 aromatic heterocycles. The molecule has 4 aromatic rings. The number of amides is 2. The van der Waals surface area contributed by atoms with Gasteiger partial charge in [-0.15, -0.1) is 0 Å². The Morgan fingerprint density at radius 1 is 1.10 bits per heavy atom. The second-order valence-corrected chi connectivity index (χ2v) is 6.92. The molecular weight excluding hydrogens is 366 g/mol. The van der Waals surface area contributed by atoms with Crippen molar-refractivity contribution in [2.75, 3.05) is 11.9 Å². The van der Waals surface area contributed by atoms with Crippen molar-refractivity contribution in [2.45, 2.75) is 13.5 Å². The highest BCUT2D eigenvalue weighted by Gasteiger charge is 2.12. The van der Waals surface area contributed by atoms with E-state index in [0.29, 0.717) is 18.9 Å². The Kier molecular flexibility index (Phi) is 5.11. The van der Waals surface area contributed by atoms with Crippen molar-refractivity contribution < 1.29 is 9.59 Å². The summed E-state index contributed by atoms with van der Waals surface area (Å²) in [5.74, 6) is 0.0573. The summed E-state index contributed by atoms with van der Waals surface area (Å²) in [7, 11) is 0. The van der Waals surface area contributed by atoms with Gasteiger partial charge in [0.05, 0.1) is 0 Å². The molecule has 4 rings (SSSR count). The molecular formula is C22H21N5O2. The summed E-state index contributed by atoms with van der Waals surface area (Å²) in [6, 6.07) is 14.5. The first-order valence-corrected chi connectivity index (χ1v) is 9.28. The lowest BCUT2D eigenvalue weighted by Crippen LogP contribution is -2.32. The molecule has 7 heteroatoms. The standard InChI is InChI=1S/C22H21N5O2/c1-15-10-16(17-4-5-20-18(11-17)6-7-23-20)2-3-19(15)12-27(14-28)13-21(29)26-22-24-8-9-25-22/h2-11,14,23H,12-13H2,1H3,(H2,24,25,26,29). The molecule has 0 saturated heterocycles. The zero-order chi connectivity index (χ0) is 20.2. The molecule has 0 fully saturated rings. The van der Waals surface area contributed by atoms with Gasteiger partial charge in [-0.2, -0.15) is 0 Å². The number of carbonyl (C=O) groups excluding carboxylic acids is 2. The van der Waals surface area contributed by atoms with Crippen LogP contribution < -0.4 is 5.32 Å². The van der Waals surface area contributed by atoms with Crippen molar-refractivity contribution in [3.05, 3.63) is 72.2 Å². The third kappa shape index (κ3) is 4.19. The van der Waals surface area contributed by atoms with Crippen LogP contribution in [-0.4, -0.2) is 38.7 Å². The van der Waals surface area contributed by atoms with E-state index in [9.17, 15) is 9.59 Å². The maximum Gasteiger partial charge on any atom is 0.246 e. The molecule has 0 spiro atoms. The molecule has 0 radical (unpaired) electrons. The van der Waals surface area contributed by atoms with Crippen LogP contribution in [0.3, 0.4) is 0 Å². The van der Waals surface area contributed by atoms with Gasteiger partial charge in [0.15, 0.2) is 0 Å². The number of rotatable bonds is 7. The van der Waals surface area contributed by atoms with Gasteiger partial charge in [0, 0.05) is 30.7 Å². The average molecular weight is 387 g/mol. The van der Waals surface area contributed by atoms with Gasteiger partial charge in [-0.25, -0.2) is 4.98 Å². The Labute approximate surface area is 167 Å². The van der Waals surface area contributed by atoms with Gasteiger partial charge in [0.1, 0.15) is 6.54 Å². The van der Waals surface area contributed by atoms with E-state index < -0.39 is 0 Å². The van der Waals surface area contributed by atoms with Crippen LogP contribution in [0.15, 0.2) is 61.1 Å². The SMILES string of the molecule is Cc1cc(-c2ccc3[nH]ccc3c2)ccc1CN(C=O)CC(=O)Nc1ncc[nH]1. The summed E-state index contributed by atoms with van der Waals surface area (Å²) in [5, 5.41) is 3.79. The molecule has 146 valence electrons. The minimum atomic E-state index is -0.305. The third-order valence-corrected chi connectivity index (χ3v) is 4.85. The van der Waals surface area contributed by atoms with E-state index in [4.69, 9.17) is 0 Å². The number of imidazole rings is 1. The third-order valence-electron chi connectivity index (χ3n) is 4.85. The van der Waals surface area contributed by atoms with Crippen LogP contribution in [-0.2, 0) is 16.1 Å². The van der Waals surface area contributed by atoms with Gasteiger partial charge in [0.2, 0.25) is 18.3 Å². The predicted octanol–water partition coefficient (Wildman–Crippen LogP) is 3.46. The Morgan fingerprint density at radius 2 is 1.93 bits per heavy atom. The Balaban J connectivity index is 1.46. The first-order chi connectivity index (χ1) is 14.1. The normalized spacial score (nSPS) is 10.8. The molecule has 0 bridgehead atoms. The quantitative estimate of drug-likeness (QED) is 0.424. The smallest absolute Gasteiger partial charge is 0.246 e. The number of fused-ring (bicyclic) bond motifs is 1. The van der Waals surface area contributed by atoms with Crippen molar-refractivity contribution in [3.63, 3.8) is 0 Å². The molecule has 0 aliphatic rings. The highest BCUT2D eigenvalue weighted by atomic mass is 16.2. The molecule has 0 atom stereocenters. The van der Waals surface area contributed by atoms with Gasteiger partial charge < -0.3 is 14.9 Å². The molecule has 0 aliphatic heterocycles. The number of aromatic amines is 2. The number of aromatic nitrogens is 3. The number of benzene rings is 2. The molecule has 7 nitrogen and oxygen atoms in total. The molecule has 2 amide bonds. The fourth-order valence-electron chi connectivity index (χ4n) is 3.32. The van der Waals surface area contributed by atoms with Crippen molar-refractivity contribution in [1.29, 1.82) is 0 Å². The first-order valence-electron chi connectivity index (χ1n) is 9.28. The summed E-state index contributed by atoms with van der Waals surface area (Å²) in [6.07, 6.45) is 5.78. The van der Waals surface area contributed by atoms with Crippen LogP contribution in [0.5, 0.6) is 0 Å². The number of H-pyrrole nitrogens is 2. The topological polar surface area (TPSA) is 93.9 Å². The van der Waals surface area contributed by atoms with E-state index in [2.05, 4.69) is 50.6 Å². The predicted molar refractivity (Wildman–Crippen MR) is 112 cm³/mol. The molecule has 0 aliphatic carbocycles. The molecule has 29 heavy (non-hydrogen) atoms. The van der Waals surface area contributed by atoms with Crippen LogP contribution in [0.25, 0.3) is 22.0 Å². The maximum atomic E-state index is 12.1. The van der Waals surface area contributed by atoms with Crippen LogP contribution in [0, 0.1) is 6.92 Å². The van der Waals surface area contributed by atoms with E-state index in [-0.39, 0.29) is 12.5 Å². The second kappa shape index (κ2) is 8.02. The van der Waals surface area contributed by atoms with E-state index in [0.717, 1.165) is 27.8 Å². The van der Waals surface area contributed by atoms with E-state index >= 15 is 0 Å². The summed E-state index contributed by atoms with van der Waals surface area (Å²) >= 11 is 0. The maximum absolute atomic E-state index is 12.1. The average Bonchev–Trinajstić information content (AvgIpc) is 3.39. The minimum Gasteiger partial charge on any atom is -0.361 e. The molecule has 2 heterocycles. The van der Waals surface area contributed by atoms with Crippen LogP contribution >= 0.6 is 0 Å². The number of nitrogens with one attached hydrogen (secondary N) is 3. The van der Waals surface area contributed by atoms with Crippen LogP contribution in [0.4, 0.5) is 5.95 Å². The number of hydrogen-bond donors (Lipinski definition) is 3. The Morgan fingerprint density at radius 3 is 2.69 bits per heavy atom. The van der Waals surface area contributed by atoms with Gasteiger partial charge in [0.25, 0.3) is 0 Å². The van der Waals surface area contributed by atoms with Gasteiger partial charge in [-0.05, 0) is 52.8 Å². The van der Waals surface area contributed by atoms with E-state index in [1.807, 2.05) is 25.3 Å². The molecule has 0 unspecified atom stereocenters. The summed E-state index contributed by atoms with van der Waals surface area (Å²) < 4.78 is 0. The number of hydrogen-bond acceptors (Lipinski definition) is 3. The summed E-state index contributed by atoms with van der Waals surface area (Å²) in [4.78, 5) is 34.9. The van der Waals surface area contributed by atoms with Crippen LogP contribution in [0.1, 0.15) is 11.1 Å². The lowest BCUT2D eigenvalue weighted by molar-refractivity contribution is -0.125. The second-order valence-electron chi connectivity index (χ2n) is 6.92. The van der Waals surface area contributed by atoms with Gasteiger partial charge in [-0.3, -0.25) is 14.9 Å². The number of aryl methyl sites for hydroxylation is 1. The fourth-order valence-corrected chi connectivity index (χ4v) is 3.32. The number of carbonyl (C=O) groups is 2. The fraction of sp³-hybridized carbons (Fsp3) is 0.136. The molecule has 2 aromatic carbocycles.